The number of carbonyl (C=O) groups excluding carboxylic acids is 1. The van der Waals surface area contributed by atoms with Gasteiger partial charge < -0.3 is 16.0 Å². The Labute approximate surface area is 95.4 Å². The van der Waals surface area contributed by atoms with Gasteiger partial charge in [0.1, 0.15) is 0 Å². The van der Waals surface area contributed by atoms with Crippen LogP contribution in [0.2, 0.25) is 0 Å². The van der Waals surface area contributed by atoms with Crippen LogP contribution in [0, 0.1) is 0 Å². The molecule has 2 amide bonds. The zero-order chi connectivity index (χ0) is 11.4. The molecule has 1 aliphatic heterocycles. The Hall–Kier alpha value is -1.71. The molecule has 0 radical (unpaired) electrons. The fourth-order valence-electron chi connectivity index (χ4n) is 2.06. The van der Waals surface area contributed by atoms with Gasteiger partial charge in [-0.3, -0.25) is 0 Å². The first-order valence-corrected chi connectivity index (χ1v) is 5.59. The summed E-state index contributed by atoms with van der Waals surface area (Å²) in [6.07, 6.45) is 0.970. The van der Waals surface area contributed by atoms with Gasteiger partial charge in [-0.15, -0.1) is 0 Å². The Balaban J connectivity index is 1.86. The molecule has 1 unspecified atom stereocenters. The fourth-order valence-corrected chi connectivity index (χ4v) is 2.06. The van der Waals surface area contributed by atoms with Crippen molar-refractivity contribution in [2.24, 2.45) is 0 Å². The van der Waals surface area contributed by atoms with E-state index in [0.29, 0.717) is 12.5 Å². The Kier molecular flexibility index (Phi) is 3.29. The monoisotopic (exact) mass is 219 g/mol. The molecule has 4 heteroatoms. The van der Waals surface area contributed by atoms with Gasteiger partial charge in [0.15, 0.2) is 0 Å². The van der Waals surface area contributed by atoms with Crippen LogP contribution in [0.25, 0.3) is 0 Å². The molecule has 0 fully saturated rings. The predicted octanol–water partition coefficient (Wildman–Crippen LogP) is 1.51. The van der Waals surface area contributed by atoms with Crippen molar-refractivity contribution in [1.82, 2.24) is 10.6 Å². The van der Waals surface area contributed by atoms with Gasteiger partial charge in [-0.1, -0.05) is 18.2 Å². The molecule has 1 aliphatic rings. The van der Waals surface area contributed by atoms with Crippen molar-refractivity contribution >= 4 is 11.7 Å². The molecule has 0 saturated carbocycles. The second-order valence-corrected chi connectivity index (χ2v) is 3.96. The molecule has 3 N–H and O–H groups in total. The Morgan fingerprint density at radius 3 is 3.12 bits per heavy atom. The third-order valence-electron chi connectivity index (χ3n) is 2.94. The van der Waals surface area contributed by atoms with E-state index in [1.54, 1.807) is 7.05 Å². The van der Waals surface area contributed by atoms with Crippen molar-refractivity contribution in [3.05, 3.63) is 29.8 Å². The van der Waals surface area contributed by atoms with E-state index in [-0.39, 0.29) is 6.03 Å². The number of benzene rings is 1. The molecular weight excluding hydrogens is 202 g/mol. The SMILES string of the molecule is CNC(=O)NCCC1CNc2ccccc21. The third-order valence-corrected chi connectivity index (χ3v) is 2.94. The lowest BCUT2D eigenvalue weighted by Gasteiger charge is -2.10. The summed E-state index contributed by atoms with van der Waals surface area (Å²) in [6.45, 7) is 1.68. The van der Waals surface area contributed by atoms with Crippen LogP contribution in [0.4, 0.5) is 10.5 Å². The molecule has 1 atom stereocenters. The lowest BCUT2D eigenvalue weighted by Crippen LogP contribution is -2.33. The molecule has 0 aromatic heterocycles. The maximum Gasteiger partial charge on any atom is 0.314 e. The molecule has 0 saturated heterocycles. The number of para-hydroxylation sites is 1. The van der Waals surface area contributed by atoms with Crippen LogP contribution < -0.4 is 16.0 Å². The summed E-state index contributed by atoms with van der Waals surface area (Å²) in [7, 11) is 1.63. The van der Waals surface area contributed by atoms with E-state index < -0.39 is 0 Å². The van der Waals surface area contributed by atoms with Gasteiger partial charge in [0.25, 0.3) is 0 Å². The standard InChI is InChI=1S/C12H17N3O/c1-13-12(16)14-7-6-9-8-15-11-5-3-2-4-10(9)11/h2-5,9,15H,6-8H2,1H3,(H2,13,14,16). The molecule has 2 rings (SSSR count). The Morgan fingerprint density at radius 2 is 2.31 bits per heavy atom. The number of carbonyl (C=O) groups is 1. The number of amides is 2. The van der Waals surface area contributed by atoms with E-state index >= 15 is 0 Å². The quantitative estimate of drug-likeness (QED) is 0.722. The van der Waals surface area contributed by atoms with Crippen LogP contribution in [-0.2, 0) is 0 Å². The van der Waals surface area contributed by atoms with Crippen LogP contribution in [0.3, 0.4) is 0 Å². The van der Waals surface area contributed by atoms with Gasteiger partial charge in [0.05, 0.1) is 0 Å². The third kappa shape index (κ3) is 2.27. The number of rotatable bonds is 3. The van der Waals surface area contributed by atoms with Crippen LogP contribution in [0.1, 0.15) is 17.9 Å². The maximum absolute atomic E-state index is 11.0. The molecule has 1 aromatic carbocycles. The van der Waals surface area contributed by atoms with E-state index in [0.717, 1.165) is 13.0 Å². The van der Waals surface area contributed by atoms with Crippen LogP contribution in [0.5, 0.6) is 0 Å². The Morgan fingerprint density at radius 1 is 1.50 bits per heavy atom. The summed E-state index contributed by atoms with van der Waals surface area (Å²) in [4.78, 5) is 11.0. The topological polar surface area (TPSA) is 53.2 Å². The lowest BCUT2D eigenvalue weighted by molar-refractivity contribution is 0.242. The van der Waals surface area contributed by atoms with Crippen molar-refractivity contribution < 1.29 is 4.79 Å². The highest BCUT2D eigenvalue weighted by atomic mass is 16.2. The summed E-state index contributed by atoms with van der Waals surface area (Å²) in [5.41, 5.74) is 2.59. The minimum absolute atomic E-state index is 0.112. The summed E-state index contributed by atoms with van der Waals surface area (Å²) >= 11 is 0. The van der Waals surface area contributed by atoms with E-state index in [1.165, 1.54) is 11.3 Å². The smallest absolute Gasteiger partial charge is 0.314 e. The van der Waals surface area contributed by atoms with E-state index in [4.69, 9.17) is 0 Å². The molecule has 0 aliphatic carbocycles. The zero-order valence-corrected chi connectivity index (χ0v) is 9.42. The highest BCUT2D eigenvalue weighted by molar-refractivity contribution is 5.73. The van der Waals surface area contributed by atoms with Gasteiger partial charge >= 0.3 is 6.03 Å². The first kappa shape index (κ1) is 10.8. The number of fused-ring (bicyclic) bond motifs is 1. The predicted molar refractivity (Wildman–Crippen MR) is 64.7 cm³/mol. The molecule has 0 bridgehead atoms. The first-order chi connectivity index (χ1) is 7.81. The molecule has 0 spiro atoms. The van der Waals surface area contributed by atoms with Crippen molar-refractivity contribution in [3.63, 3.8) is 0 Å². The average Bonchev–Trinajstić information content (AvgIpc) is 2.73. The van der Waals surface area contributed by atoms with Crippen LogP contribution in [-0.4, -0.2) is 26.2 Å². The number of anilines is 1. The number of hydrogen-bond donors (Lipinski definition) is 3. The lowest BCUT2D eigenvalue weighted by atomic mass is 9.98. The van der Waals surface area contributed by atoms with Crippen LogP contribution in [0.15, 0.2) is 24.3 Å². The van der Waals surface area contributed by atoms with Crippen molar-refractivity contribution in [2.75, 3.05) is 25.5 Å². The molecule has 86 valence electrons. The molecule has 1 heterocycles. The average molecular weight is 219 g/mol. The summed E-state index contributed by atoms with van der Waals surface area (Å²) < 4.78 is 0. The molecule has 1 aromatic rings. The minimum Gasteiger partial charge on any atom is -0.384 e. The van der Waals surface area contributed by atoms with Crippen LogP contribution >= 0.6 is 0 Å². The zero-order valence-electron chi connectivity index (χ0n) is 9.42. The van der Waals surface area contributed by atoms with Crippen molar-refractivity contribution in [1.29, 1.82) is 0 Å². The number of nitrogens with one attached hydrogen (secondary N) is 3. The number of urea groups is 1. The largest absolute Gasteiger partial charge is 0.384 e. The molecule has 16 heavy (non-hydrogen) atoms. The molecule has 4 nitrogen and oxygen atoms in total. The first-order valence-electron chi connectivity index (χ1n) is 5.59. The highest BCUT2D eigenvalue weighted by Crippen LogP contribution is 2.32. The summed E-state index contributed by atoms with van der Waals surface area (Å²) in [6, 6.07) is 8.24. The number of hydrogen-bond acceptors (Lipinski definition) is 2. The Bertz CT molecular complexity index is 378. The normalized spacial score (nSPS) is 17.4. The second kappa shape index (κ2) is 4.88. The van der Waals surface area contributed by atoms with Gasteiger partial charge in [-0.2, -0.15) is 0 Å². The van der Waals surface area contributed by atoms with E-state index in [1.807, 2.05) is 6.07 Å². The summed E-state index contributed by atoms with van der Waals surface area (Å²) in [5.74, 6) is 0.508. The fraction of sp³-hybridized carbons (Fsp3) is 0.417. The van der Waals surface area contributed by atoms with E-state index in [2.05, 4.69) is 34.1 Å². The van der Waals surface area contributed by atoms with Gasteiger partial charge in [-0.25, -0.2) is 4.79 Å². The van der Waals surface area contributed by atoms with Gasteiger partial charge in [0.2, 0.25) is 0 Å². The van der Waals surface area contributed by atoms with Gasteiger partial charge in [-0.05, 0) is 18.1 Å². The van der Waals surface area contributed by atoms with Gasteiger partial charge in [0, 0.05) is 31.7 Å². The molecular formula is C12H17N3O. The second-order valence-electron chi connectivity index (χ2n) is 3.96. The maximum atomic E-state index is 11.0. The summed E-state index contributed by atoms with van der Waals surface area (Å²) in [5, 5.41) is 8.73. The van der Waals surface area contributed by atoms with Crippen molar-refractivity contribution in [3.8, 4) is 0 Å². The van der Waals surface area contributed by atoms with E-state index in [9.17, 15) is 4.79 Å². The van der Waals surface area contributed by atoms with Crippen molar-refractivity contribution in [2.45, 2.75) is 12.3 Å². The minimum atomic E-state index is -0.112. The highest BCUT2D eigenvalue weighted by Gasteiger charge is 2.20.